The van der Waals surface area contributed by atoms with Crippen LogP contribution in [0, 0.1) is 13.8 Å². The second-order valence-corrected chi connectivity index (χ2v) is 9.24. The van der Waals surface area contributed by atoms with Crippen molar-refractivity contribution in [2.75, 3.05) is 6.54 Å². The molecule has 0 bridgehead atoms. The minimum Gasteiger partial charge on any atom is -0.355 e. The maximum atomic E-state index is 13.8. The van der Waals surface area contributed by atoms with Gasteiger partial charge in [0.15, 0.2) is 0 Å². The van der Waals surface area contributed by atoms with Crippen LogP contribution in [0.25, 0.3) is 0 Å². The van der Waals surface area contributed by atoms with Gasteiger partial charge in [0.1, 0.15) is 6.04 Å². The first-order valence-electron chi connectivity index (χ1n) is 11.4. The van der Waals surface area contributed by atoms with E-state index in [9.17, 15) is 9.59 Å². The molecular formula is C28H30Cl2N2O2. The number of nitrogens with zero attached hydrogens (tertiary/aromatic N) is 1. The van der Waals surface area contributed by atoms with Crippen LogP contribution in [0.15, 0.2) is 66.7 Å². The van der Waals surface area contributed by atoms with Crippen molar-refractivity contribution in [1.29, 1.82) is 0 Å². The topological polar surface area (TPSA) is 49.4 Å². The third-order valence-electron chi connectivity index (χ3n) is 5.86. The van der Waals surface area contributed by atoms with Gasteiger partial charge < -0.3 is 10.2 Å². The highest BCUT2D eigenvalue weighted by atomic mass is 35.5. The van der Waals surface area contributed by atoms with Crippen molar-refractivity contribution in [3.63, 3.8) is 0 Å². The summed E-state index contributed by atoms with van der Waals surface area (Å²) in [5.41, 5.74) is 4.65. The molecule has 4 nitrogen and oxygen atoms in total. The number of rotatable bonds is 9. The molecule has 0 heterocycles. The fourth-order valence-corrected chi connectivity index (χ4v) is 4.47. The van der Waals surface area contributed by atoms with Crippen LogP contribution in [-0.4, -0.2) is 29.3 Å². The van der Waals surface area contributed by atoms with Crippen molar-refractivity contribution < 1.29 is 9.59 Å². The van der Waals surface area contributed by atoms with Gasteiger partial charge in [0.05, 0.1) is 6.42 Å². The third kappa shape index (κ3) is 6.62. The molecule has 3 aromatic carbocycles. The molecule has 0 spiro atoms. The Morgan fingerprint density at radius 3 is 2.26 bits per heavy atom. The predicted molar refractivity (Wildman–Crippen MR) is 139 cm³/mol. The summed E-state index contributed by atoms with van der Waals surface area (Å²) >= 11 is 12.9. The normalized spacial score (nSPS) is 11.7. The van der Waals surface area contributed by atoms with Gasteiger partial charge in [-0.1, -0.05) is 83.4 Å². The first-order valence-corrected chi connectivity index (χ1v) is 12.2. The number of halogens is 2. The van der Waals surface area contributed by atoms with Crippen molar-refractivity contribution in [1.82, 2.24) is 10.2 Å². The largest absolute Gasteiger partial charge is 0.355 e. The van der Waals surface area contributed by atoms with E-state index in [0.29, 0.717) is 28.6 Å². The van der Waals surface area contributed by atoms with E-state index in [1.807, 2.05) is 69.3 Å². The molecule has 0 saturated heterocycles. The maximum absolute atomic E-state index is 13.8. The number of carbonyl (C=O) groups excluding carboxylic acids is 2. The Morgan fingerprint density at radius 2 is 1.62 bits per heavy atom. The monoisotopic (exact) mass is 496 g/mol. The van der Waals surface area contributed by atoms with Gasteiger partial charge in [0.25, 0.3) is 0 Å². The highest BCUT2D eigenvalue weighted by molar-refractivity contribution is 6.36. The van der Waals surface area contributed by atoms with Crippen LogP contribution in [0.5, 0.6) is 0 Å². The zero-order chi connectivity index (χ0) is 24.7. The van der Waals surface area contributed by atoms with Crippen molar-refractivity contribution in [2.24, 2.45) is 0 Å². The molecule has 6 heteroatoms. The summed E-state index contributed by atoms with van der Waals surface area (Å²) in [4.78, 5) is 28.7. The summed E-state index contributed by atoms with van der Waals surface area (Å²) < 4.78 is 0. The Bertz CT molecular complexity index is 1130. The molecule has 0 aliphatic heterocycles. The van der Waals surface area contributed by atoms with Gasteiger partial charge in [-0.05, 0) is 49.6 Å². The summed E-state index contributed by atoms with van der Waals surface area (Å²) in [6.07, 6.45) is 0.563. The van der Waals surface area contributed by atoms with Crippen LogP contribution in [0.1, 0.15) is 34.7 Å². The minimum atomic E-state index is -0.715. The Balaban J connectivity index is 2.03. The van der Waals surface area contributed by atoms with E-state index in [1.165, 1.54) is 0 Å². The molecule has 2 amide bonds. The number of amides is 2. The lowest BCUT2D eigenvalue weighted by molar-refractivity contribution is -0.140. The number of benzene rings is 3. The van der Waals surface area contributed by atoms with Crippen LogP contribution in [0.3, 0.4) is 0 Å². The number of aryl methyl sites for hydroxylation is 2. The zero-order valence-corrected chi connectivity index (χ0v) is 21.3. The highest BCUT2D eigenvalue weighted by Gasteiger charge is 2.31. The average molecular weight is 497 g/mol. The smallest absolute Gasteiger partial charge is 0.243 e. The van der Waals surface area contributed by atoms with Gasteiger partial charge in [-0.3, -0.25) is 9.59 Å². The lowest BCUT2D eigenvalue weighted by Gasteiger charge is -2.32. The van der Waals surface area contributed by atoms with Gasteiger partial charge in [0, 0.05) is 35.1 Å². The van der Waals surface area contributed by atoms with Gasteiger partial charge in [-0.2, -0.15) is 0 Å². The standard InChI is InChI=1S/C28H30Cl2N2O2/c1-4-31-28(34)26(16-21-9-6-5-7-10-21)32(18-23-24(29)11-8-12-25(23)30)27(33)17-22-15-19(2)13-14-20(22)3/h5-15,26H,4,16-18H2,1-3H3,(H,31,34)/t26-/m0/s1. The van der Waals surface area contributed by atoms with Gasteiger partial charge in [-0.25, -0.2) is 0 Å². The summed E-state index contributed by atoms with van der Waals surface area (Å²) in [6.45, 7) is 6.46. The first-order chi connectivity index (χ1) is 16.3. The lowest BCUT2D eigenvalue weighted by atomic mass is 9.99. The molecule has 34 heavy (non-hydrogen) atoms. The zero-order valence-electron chi connectivity index (χ0n) is 19.8. The summed E-state index contributed by atoms with van der Waals surface area (Å²) in [5.74, 6) is -0.360. The second-order valence-electron chi connectivity index (χ2n) is 8.43. The molecule has 0 aromatic heterocycles. The Labute approximate surface area is 211 Å². The molecule has 0 saturated carbocycles. The number of nitrogens with one attached hydrogen (secondary N) is 1. The summed E-state index contributed by atoms with van der Waals surface area (Å²) in [6, 6.07) is 20.3. The van der Waals surface area contributed by atoms with Crippen LogP contribution in [0.2, 0.25) is 10.0 Å². The van der Waals surface area contributed by atoms with Crippen LogP contribution in [-0.2, 0) is 29.0 Å². The van der Waals surface area contributed by atoms with E-state index in [4.69, 9.17) is 23.2 Å². The van der Waals surface area contributed by atoms with Gasteiger partial charge in [0.2, 0.25) is 11.8 Å². The van der Waals surface area contributed by atoms with Crippen LogP contribution >= 0.6 is 23.2 Å². The summed E-state index contributed by atoms with van der Waals surface area (Å²) in [5, 5.41) is 3.83. The molecule has 0 aliphatic rings. The van der Waals surface area contributed by atoms with Crippen LogP contribution in [0.4, 0.5) is 0 Å². The fourth-order valence-electron chi connectivity index (χ4n) is 3.95. The van der Waals surface area contributed by atoms with Crippen molar-refractivity contribution in [3.8, 4) is 0 Å². The van der Waals surface area contributed by atoms with Crippen LogP contribution < -0.4 is 5.32 Å². The van der Waals surface area contributed by atoms with E-state index in [0.717, 1.165) is 22.3 Å². The Hall–Kier alpha value is -2.82. The molecule has 0 aliphatic carbocycles. The van der Waals surface area contributed by atoms with E-state index < -0.39 is 6.04 Å². The fraction of sp³-hybridized carbons (Fsp3) is 0.286. The molecule has 3 aromatic rings. The second kappa shape index (κ2) is 12.0. The minimum absolute atomic E-state index is 0.136. The Kier molecular flexibility index (Phi) is 9.14. The molecule has 1 atom stereocenters. The molecule has 178 valence electrons. The Morgan fingerprint density at radius 1 is 0.941 bits per heavy atom. The maximum Gasteiger partial charge on any atom is 0.243 e. The highest BCUT2D eigenvalue weighted by Crippen LogP contribution is 2.28. The number of hydrogen-bond acceptors (Lipinski definition) is 2. The van der Waals surface area contributed by atoms with Gasteiger partial charge in [-0.15, -0.1) is 0 Å². The van der Waals surface area contributed by atoms with E-state index in [1.54, 1.807) is 23.1 Å². The number of hydrogen-bond donors (Lipinski definition) is 1. The quantitative estimate of drug-likeness (QED) is 0.399. The number of carbonyl (C=O) groups is 2. The van der Waals surface area contributed by atoms with Crippen molar-refractivity contribution >= 4 is 35.0 Å². The molecule has 3 rings (SSSR count). The van der Waals surface area contributed by atoms with Gasteiger partial charge >= 0.3 is 0 Å². The molecular weight excluding hydrogens is 467 g/mol. The van der Waals surface area contributed by atoms with E-state index >= 15 is 0 Å². The first kappa shape index (κ1) is 25.8. The van der Waals surface area contributed by atoms with E-state index in [-0.39, 0.29) is 24.8 Å². The lowest BCUT2D eigenvalue weighted by Crippen LogP contribution is -2.51. The summed E-state index contributed by atoms with van der Waals surface area (Å²) in [7, 11) is 0. The molecule has 0 radical (unpaired) electrons. The predicted octanol–water partition coefficient (Wildman–Crippen LogP) is 5.93. The average Bonchev–Trinajstić information content (AvgIpc) is 2.81. The van der Waals surface area contributed by atoms with Crippen molar-refractivity contribution in [2.45, 2.75) is 46.2 Å². The molecule has 0 unspecified atom stereocenters. The molecule has 0 fully saturated rings. The van der Waals surface area contributed by atoms with E-state index in [2.05, 4.69) is 5.32 Å². The SMILES string of the molecule is CCNC(=O)[C@H](Cc1ccccc1)N(Cc1c(Cl)cccc1Cl)C(=O)Cc1cc(C)ccc1C. The third-order valence-corrected chi connectivity index (χ3v) is 6.57. The molecule has 1 N–H and O–H groups in total. The number of likely N-dealkylation sites (N-methyl/N-ethyl adjacent to an activating group) is 1. The van der Waals surface area contributed by atoms with Crippen molar-refractivity contribution in [3.05, 3.63) is 105 Å².